The molecule has 0 radical (unpaired) electrons. The molecule has 0 fully saturated rings. The van der Waals surface area contributed by atoms with Crippen LogP contribution in [0.3, 0.4) is 0 Å². The predicted molar refractivity (Wildman–Crippen MR) is 73.2 cm³/mol. The molecule has 0 saturated heterocycles. The standard InChI is InChI=1S/C14H20FN3O/c1-9-7-14(2,3)18(8-13(19)17-16)12-6-10(15)4-5-11(9)12/h4-6,9H,7-8,16H2,1-3H3,(H,17,19). The van der Waals surface area contributed by atoms with Gasteiger partial charge in [-0.15, -0.1) is 0 Å². The summed E-state index contributed by atoms with van der Waals surface area (Å²) in [6, 6.07) is 4.77. The van der Waals surface area contributed by atoms with E-state index in [2.05, 4.69) is 26.2 Å². The highest BCUT2D eigenvalue weighted by atomic mass is 19.1. The molecule has 0 spiro atoms. The van der Waals surface area contributed by atoms with Crippen molar-refractivity contribution in [2.24, 2.45) is 5.84 Å². The van der Waals surface area contributed by atoms with Crippen LogP contribution in [0.1, 0.15) is 38.7 Å². The lowest BCUT2D eigenvalue weighted by molar-refractivity contribution is -0.120. The maximum absolute atomic E-state index is 13.5. The van der Waals surface area contributed by atoms with Gasteiger partial charge in [0.25, 0.3) is 5.91 Å². The molecule has 0 bridgehead atoms. The largest absolute Gasteiger partial charge is 0.357 e. The van der Waals surface area contributed by atoms with Gasteiger partial charge in [0.1, 0.15) is 5.82 Å². The topological polar surface area (TPSA) is 58.4 Å². The van der Waals surface area contributed by atoms with E-state index < -0.39 is 0 Å². The summed E-state index contributed by atoms with van der Waals surface area (Å²) in [5.74, 6) is 4.92. The molecule has 1 aliphatic heterocycles. The Labute approximate surface area is 112 Å². The second-order valence-corrected chi connectivity index (χ2v) is 5.77. The average molecular weight is 265 g/mol. The van der Waals surface area contributed by atoms with Crippen molar-refractivity contribution in [3.05, 3.63) is 29.6 Å². The van der Waals surface area contributed by atoms with Crippen molar-refractivity contribution in [1.29, 1.82) is 0 Å². The first-order valence-electron chi connectivity index (χ1n) is 6.41. The van der Waals surface area contributed by atoms with Crippen LogP contribution in [0.4, 0.5) is 10.1 Å². The minimum Gasteiger partial charge on any atom is -0.357 e. The van der Waals surface area contributed by atoms with Gasteiger partial charge >= 0.3 is 0 Å². The zero-order valence-corrected chi connectivity index (χ0v) is 11.5. The van der Waals surface area contributed by atoms with Crippen LogP contribution in [-0.4, -0.2) is 18.0 Å². The second kappa shape index (κ2) is 4.81. The summed E-state index contributed by atoms with van der Waals surface area (Å²) in [5.41, 5.74) is 3.78. The Bertz CT molecular complexity index is 501. The first kappa shape index (κ1) is 13.8. The van der Waals surface area contributed by atoms with Crippen molar-refractivity contribution in [3.63, 3.8) is 0 Å². The molecule has 1 aliphatic rings. The minimum absolute atomic E-state index is 0.132. The van der Waals surface area contributed by atoms with Gasteiger partial charge in [-0.3, -0.25) is 10.2 Å². The molecule has 1 heterocycles. The molecule has 3 N–H and O–H groups in total. The van der Waals surface area contributed by atoms with Gasteiger partial charge in [-0.1, -0.05) is 13.0 Å². The highest BCUT2D eigenvalue weighted by Crippen LogP contribution is 2.43. The number of hydrogen-bond acceptors (Lipinski definition) is 3. The first-order chi connectivity index (χ1) is 8.85. The van der Waals surface area contributed by atoms with Gasteiger partial charge in [0.2, 0.25) is 0 Å². The molecule has 1 atom stereocenters. The Hall–Kier alpha value is -1.62. The fourth-order valence-corrected chi connectivity index (χ4v) is 2.95. The van der Waals surface area contributed by atoms with E-state index in [9.17, 15) is 9.18 Å². The number of fused-ring (bicyclic) bond motifs is 1. The van der Waals surface area contributed by atoms with Crippen LogP contribution in [0, 0.1) is 5.82 Å². The molecular weight excluding hydrogens is 245 g/mol. The van der Waals surface area contributed by atoms with Crippen molar-refractivity contribution in [1.82, 2.24) is 5.43 Å². The highest BCUT2D eigenvalue weighted by molar-refractivity contribution is 5.82. The van der Waals surface area contributed by atoms with E-state index in [0.29, 0.717) is 5.92 Å². The van der Waals surface area contributed by atoms with Crippen LogP contribution in [0.2, 0.25) is 0 Å². The number of amides is 1. The Balaban J connectivity index is 2.47. The van der Waals surface area contributed by atoms with Crippen molar-refractivity contribution < 1.29 is 9.18 Å². The fourth-order valence-electron chi connectivity index (χ4n) is 2.95. The van der Waals surface area contributed by atoms with E-state index in [4.69, 9.17) is 5.84 Å². The third-order valence-electron chi connectivity index (χ3n) is 3.81. The maximum Gasteiger partial charge on any atom is 0.253 e. The predicted octanol–water partition coefficient (Wildman–Crippen LogP) is 1.91. The number of anilines is 1. The molecule has 0 aromatic heterocycles. The second-order valence-electron chi connectivity index (χ2n) is 5.77. The molecule has 0 aliphatic carbocycles. The summed E-state index contributed by atoms with van der Waals surface area (Å²) in [5, 5.41) is 0. The van der Waals surface area contributed by atoms with Gasteiger partial charge < -0.3 is 4.90 Å². The molecule has 1 aromatic rings. The maximum atomic E-state index is 13.5. The SMILES string of the molecule is CC1CC(C)(C)N(CC(=O)NN)c2cc(F)ccc21. The summed E-state index contributed by atoms with van der Waals surface area (Å²) >= 11 is 0. The van der Waals surface area contributed by atoms with Crippen molar-refractivity contribution in [3.8, 4) is 0 Å². The van der Waals surface area contributed by atoms with E-state index >= 15 is 0 Å². The number of carbonyl (C=O) groups excluding carboxylic acids is 1. The van der Waals surface area contributed by atoms with E-state index in [0.717, 1.165) is 17.7 Å². The molecule has 104 valence electrons. The number of benzene rings is 1. The summed E-state index contributed by atoms with van der Waals surface area (Å²) in [7, 11) is 0. The summed E-state index contributed by atoms with van der Waals surface area (Å²) in [6.45, 7) is 6.37. The average Bonchev–Trinajstić information content (AvgIpc) is 2.33. The third kappa shape index (κ3) is 2.56. The Morgan fingerprint density at radius 2 is 2.26 bits per heavy atom. The molecule has 1 unspecified atom stereocenters. The molecule has 4 nitrogen and oxygen atoms in total. The van der Waals surface area contributed by atoms with Gasteiger partial charge in [-0.2, -0.15) is 0 Å². The van der Waals surface area contributed by atoms with Gasteiger partial charge in [-0.05, 0) is 43.9 Å². The Kier molecular flexibility index (Phi) is 3.49. The van der Waals surface area contributed by atoms with Gasteiger partial charge in [0, 0.05) is 11.2 Å². The molecule has 2 rings (SSSR count). The molecular formula is C14H20FN3O. The van der Waals surface area contributed by atoms with Crippen molar-refractivity contribution >= 4 is 11.6 Å². The van der Waals surface area contributed by atoms with Crippen LogP contribution in [0.25, 0.3) is 0 Å². The van der Waals surface area contributed by atoms with Crippen LogP contribution in [-0.2, 0) is 4.79 Å². The van der Waals surface area contributed by atoms with E-state index in [-0.39, 0.29) is 23.8 Å². The quantitative estimate of drug-likeness (QED) is 0.488. The van der Waals surface area contributed by atoms with Crippen LogP contribution < -0.4 is 16.2 Å². The number of nitrogens with zero attached hydrogens (tertiary/aromatic N) is 1. The van der Waals surface area contributed by atoms with Crippen molar-refractivity contribution in [2.45, 2.75) is 38.6 Å². The molecule has 0 saturated carbocycles. The first-order valence-corrected chi connectivity index (χ1v) is 6.41. The van der Waals surface area contributed by atoms with E-state index in [1.54, 1.807) is 6.07 Å². The third-order valence-corrected chi connectivity index (χ3v) is 3.81. The summed E-state index contributed by atoms with van der Waals surface area (Å²) in [6.07, 6.45) is 0.906. The van der Waals surface area contributed by atoms with Crippen LogP contribution >= 0.6 is 0 Å². The molecule has 19 heavy (non-hydrogen) atoms. The molecule has 1 aromatic carbocycles. The van der Waals surface area contributed by atoms with Gasteiger partial charge in [-0.25, -0.2) is 10.2 Å². The summed E-state index contributed by atoms with van der Waals surface area (Å²) in [4.78, 5) is 13.5. The fraction of sp³-hybridized carbons (Fsp3) is 0.500. The smallest absolute Gasteiger partial charge is 0.253 e. The van der Waals surface area contributed by atoms with Crippen molar-refractivity contribution in [2.75, 3.05) is 11.4 Å². The molecule has 1 amide bonds. The van der Waals surface area contributed by atoms with E-state index in [1.807, 2.05) is 4.90 Å². The number of nitrogens with two attached hydrogens (primary N) is 1. The lowest BCUT2D eigenvalue weighted by Gasteiger charge is -2.47. The van der Waals surface area contributed by atoms with Crippen LogP contribution in [0.5, 0.6) is 0 Å². The summed E-state index contributed by atoms with van der Waals surface area (Å²) < 4.78 is 13.5. The number of hydrazine groups is 1. The zero-order valence-electron chi connectivity index (χ0n) is 11.5. The van der Waals surface area contributed by atoms with Gasteiger partial charge in [0.05, 0.1) is 6.54 Å². The Morgan fingerprint density at radius 3 is 2.89 bits per heavy atom. The lowest BCUT2D eigenvalue weighted by atomic mass is 9.80. The normalized spacial score (nSPS) is 20.9. The van der Waals surface area contributed by atoms with Crippen LogP contribution in [0.15, 0.2) is 18.2 Å². The number of hydrogen-bond donors (Lipinski definition) is 2. The number of rotatable bonds is 2. The van der Waals surface area contributed by atoms with Gasteiger partial charge in [0.15, 0.2) is 0 Å². The number of nitrogens with one attached hydrogen (secondary N) is 1. The zero-order chi connectivity index (χ0) is 14.2. The number of halogens is 1. The van der Waals surface area contributed by atoms with E-state index in [1.165, 1.54) is 12.1 Å². The minimum atomic E-state index is -0.290. The molecule has 5 heteroatoms. The monoisotopic (exact) mass is 265 g/mol. The Morgan fingerprint density at radius 1 is 1.58 bits per heavy atom. The highest BCUT2D eigenvalue weighted by Gasteiger charge is 2.37. The number of carbonyl (C=O) groups is 1. The lowest BCUT2D eigenvalue weighted by Crippen LogP contribution is -2.53.